The minimum atomic E-state index is -0.403. The Hall–Kier alpha value is -1.57. The maximum atomic E-state index is 11.9. The molecule has 2 aromatic rings. The highest BCUT2D eigenvalue weighted by atomic mass is 79.9. The van der Waals surface area contributed by atoms with Crippen LogP contribution in [0.5, 0.6) is 0 Å². The van der Waals surface area contributed by atoms with E-state index in [9.17, 15) is 4.79 Å². The molecule has 0 aromatic carbocycles. The van der Waals surface area contributed by atoms with Crippen LogP contribution in [0.4, 0.5) is 4.79 Å². The normalized spacial score (nSPS) is 11.0. The number of rotatable bonds is 1. The van der Waals surface area contributed by atoms with Crippen molar-refractivity contribution in [2.24, 2.45) is 0 Å². The van der Waals surface area contributed by atoms with E-state index in [4.69, 9.17) is 0 Å². The van der Waals surface area contributed by atoms with Gasteiger partial charge in [0.25, 0.3) is 0 Å². The molecule has 0 atom stereocenters. The molecule has 2 rings (SSSR count). The molecule has 8 heteroatoms. The van der Waals surface area contributed by atoms with Crippen LogP contribution in [0.15, 0.2) is 17.0 Å². The monoisotopic (exact) mass is 284 g/mol. The molecule has 2 aromatic heterocycles. The molecule has 0 aliphatic carbocycles. The zero-order chi connectivity index (χ0) is 11.7. The Labute approximate surface area is 99.6 Å². The van der Waals surface area contributed by atoms with Crippen LogP contribution < -0.4 is 0 Å². The summed E-state index contributed by atoms with van der Waals surface area (Å²) in [5.41, 5.74) is 0.709. The SMILES string of the molecule is CC(C)c1c(Br)nnn1C(=O)n1ccnn1. The van der Waals surface area contributed by atoms with Crippen molar-refractivity contribution in [2.45, 2.75) is 19.8 Å². The second-order valence-electron chi connectivity index (χ2n) is 3.46. The first-order valence-corrected chi connectivity index (χ1v) is 5.42. The smallest absolute Gasteiger partial charge is 0.243 e. The van der Waals surface area contributed by atoms with Gasteiger partial charge >= 0.3 is 6.03 Å². The van der Waals surface area contributed by atoms with Crippen molar-refractivity contribution < 1.29 is 4.79 Å². The van der Waals surface area contributed by atoms with Crippen molar-refractivity contribution in [1.82, 2.24) is 30.0 Å². The Kier molecular flexibility index (Phi) is 2.82. The molecule has 0 unspecified atom stereocenters. The zero-order valence-electron chi connectivity index (χ0n) is 8.70. The molecular weight excluding hydrogens is 276 g/mol. The molecule has 0 N–H and O–H groups in total. The molecule has 0 saturated heterocycles. The lowest BCUT2D eigenvalue weighted by molar-refractivity contribution is 0.236. The lowest BCUT2D eigenvalue weighted by Gasteiger charge is -2.06. The molecule has 84 valence electrons. The number of carbonyl (C=O) groups is 1. The highest BCUT2D eigenvalue weighted by Gasteiger charge is 2.20. The molecule has 0 bridgehead atoms. The van der Waals surface area contributed by atoms with Crippen LogP contribution in [0.1, 0.15) is 25.5 Å². The molecular formula is C8H9BrN6O. The number of hydrogen-bond donors (Lipinski definition) is 0. The molecule has 0 fully saturated rings. The largest absolute Gasteiger partial charge is 0.372 e. The number of carbonyl (C=O) groups excluding carboxylic acids is 1. The predicted octanol–water partition coefficient (Wildman–Crippen LogP) is 1.27. The van der Waals surface area contributed by atoms with Gasteiger partial charge in [0.2, 0.25) is 0 Å². The van der Waals surface area contributed by atoms with E-state index >= 15 is 0 Å². The van der Waals surface area contributed by atoms with Gasteiger partial charge in [0.15, 0.2) is 4.60 Å². The van der Waals surface area contributed by atoms with E-state index in [-0.39, 0.29) is 5.92 Å². The highest BCUT2D eigenvalue weighted by molar-refractivity contribution is 9.10. The van der Waals surface area contributed by atoms with Crippen molar-refractivity contribution in [3.05, 3.63) is 22.7 Å². The van der Waals surface area contributed by atoms with E-state index < -0.39 is 6.03 Å². The third-order valence-electron chi connectivity index (χ3n) is 2.01. The molecule has 7 nitrogen and oxygen atoms in total. The topological polar surface area (TPSA) is 78.5 Å². The van der Waals surface area contributed by atoms with Crippen LogP contribution in [0.2, 0.25) is 0 Å². The van der Waals surface area contributed by atoms with Gasteiger partial charge < -0.3 is 0 Å². The summed E-state index contributed by atoms with van der Waals surface area (Å²) in [5, 5.41) is 14.8. The highest BCUT2D eigenvalue weighted by Crippen LogP contribution is 2.21. The van der Waals surface area contributed by atoms with Crippen LogP contribution in [-0.2, 0) is 0 Å². The number of hydrogen-bond acceptors (Lipinski definition) is 5. The van der Waals surface area contributed by atoms with E-state index in [1.165, 1.54) is 17.1 Å². The summed E-state index contributed by atoms with van der Waals surface area (Å²) in [6.45, 7) is 3.91. The summed E-state index contributed by atoms with van der Waals surface area (Å²) in [5.74, 6) is 0.122. The molecule has 0 saturated carbocycles. The summed E-state index contributed by atoms with van der Waals surface area (Å²) in [4.78, 5) is 11.9. The zero-order valence-corrected chi connectivity index (χ0v) is 10.3. The molecule has 2 heterocycles. The number of halogens is 1. The van der Waals surface area contributed by atoms with Gasteiger partial charge in [-0.05, 0) is 21.8 Å². The Morgan fingerprint density at radius 1 is 1.44 bits per heavy atom. The lowest BCUT2D eigenvalue weighted by atomic mass is 10.1. The van der Waals surface area contributed by atoms with E-state index in [0.717, 1.165) is 4.68 Å². The summed E-state index contributed by atoms with van der Waals surface area (Å²) in [6, 6.07) is -0.403. The van der Waals surface area contributed by atoms with Gasteiger partial charge in [0, 0.05) is 0 Å². The van der Waals surface area contributed by atoms with Crippen LogP contribution in [0, 0.1) is 0 Å². The standard InChI is InChI=1S/C8H9BrN6O/c1-5(2)6-7(9)11-13-15(6)8(16)14-4-3-10-12-14/h3-5H,1-2H3. The van der Waals surface area contributed by atoms with Gasteiger partial charge in [-0.25, -0.2) is 4.79 Å². The molecule has 0 amide bonds. The fraction of sp³-hybridized carbons (Fsp3) is 0.375. The summed E-state index contributed by atoms with van der Waals surface area (Å²) in [6.07, 6.45) is 2.89. The van der Waals surface area contributed by atoms with Crippen molar-refractivity contribution in [3.8, 4) is 0 Å². The maximum absolute atomic E-state index is 11.9. The number of aromatic nitrogens is 6. The first kappa shape index (κ1) is 10.9. The minimum absolute atomic E-state index is 0.122. The third kappa shape index (κ3) is 1.75. The molecule has 16 heavy (non-hydrogen) atoms. The summed E-state index contributed by atoms with van der Waals surface area (Å²) in [7, 11) is 0. The van der Waals surface area contributed by atoms with Gasteiger partial charge in [-0.2, -0.15) is 9.36 Å². The van der Waals surface area contributed by atoms with Gasteiger partial charge in [0.1, 0.15) is 0 Å². The minimum Gasteiger partial charge on any atom is -0.243 e. The van der Waals surface area contributed by atoms with Crippen LogP contribution in [0.25, 0.3) is 0 Å². The third-order valence-corrected chi connectivity index (χ3v) is 2.57. The fourth-order valence-electron chi connectivity index (χ4n) is 1.30. The first-order valence-electron chi connectivity index (χ1n) is 4.63. The molecule has 0 aliphatic heterocycles. The quantitative estimate of drug-likeness (QED) is 0.788. The molecule has 0 aliphatic rings. The lowest BCUT2D eigenvalue weighted by Crippen LogP contribution is -2.23. The summed E-state index contributed by atoms with van der Waals surface area (Å²) >= 11 is 3.26. The van der Waals surface area contributed by atoms with Crippen LogP contribution >= 0.6 is 15.9 Å². The van der Waals surface area contributed by atoms with Crippen LogP contribution in [0.3, 0.4) is 0 Å². The van der Waals surface area contributed by atoms with E-state index in [0.29, 0.717) is 10.3 Å². The molecule has 0 radical (unpaired) electrons. The van der Waals surface area contributed by atoms with Gasteiger partial charge in [-0.1, -0.05) is 24.3 Å². The Bertz CT molecular complexity index is 503. The van der Waals surface area contributed by atoms with Crippen LogP contribution in [-0.4, -0.2) is 36.0 Å². The van der Waals surface area contributed by atoms with Gasteiger partial charge in [-0.3, -0.25) is 0 Å². The Morgan fingerprint density at radius 3 is 2.75 bits per heavy atom. The van der Waals surface area contributed by atoms with Crippen molar-refractivity contribution in [3.63, 3.8) is 0 Å². The Balaban J connectivity index is 2.45. The van der Waals surface area contributed by atoms with E-state index in [2.05, 4.69) is 36.6 Å². The second-order valence-corrected chi connectivity index (χ2v) is 4.21. The van der Waals surface area contributed by atoms with Crippen molar-refractivity contribution in [2.75, 3.05) is 0 Å². The fourth-order valence-corrected chi connectivity index (χ4v) is 2.00. The second kappa shape index (κ2) is 4.12. The average Bonchev–Trinajstić information content (AvgIpc) is 2.84. The van der Waals surface area contributed by atoms with Gasteiger partial charge in [-0.15, -0.1) is 10.2 Å². The average molecular weight is 285 g/mol. The summed E-state index contributed by atoms with van der Waals surface area (Å²) < 4.78 is 2.88. The molecule has 0 spiro atoms. The van der Waals surface area contributed by atoms with E-state index in [1.807, 2.05) is 13.8 Å². The van der Waals surface area contributed by atoms with Gasteiger partial charge in [0.05, 0.1) is 18.1 Å². The Morgan fingerprint density at radius 2 is 2.19 bits per heavy atom. The van der Waals surface area contributed by atoms with Crippen molar-refractivity contribution in [1.29, 1.82) is 0 Å². The van der Waals surface area contributed by atoms with Crippen molar-refractivity contribution >= 4 is 22.0 Å². The maximum Gasteiger partial charge on any atom is 0.372 e. The predicted molar refractivity (Wildman–Crippen MR) is 58.0 cm³/mol. The first-order chi connectivity index (χ1) is 7.61. The number of nitrogens with zero attached hydrogens (tertiary/aromatic N) is 6. The van der Waals surface area contributed by atoms with E-state index in [1.54, 1.807) is 0 Å².